The molecule has 136 valence electrons. The Morgan fingerprint density at radius 3 is 1.87 bits per heavy atom. The van der Waals surface area contributed by atoms with Crippen molar-refractivity contribution in [1.82, 2.24) is 0 Å². The van der Waals surface area contributed by atoms with Crippen molar-refractivity contribution in [1.29, 1.82) is 0 Å². The van der Waals surface area contributed by atoms with Crippen molar-refractivity contribution in [3.8, 4) is 0 Å². The normalized spacial score (nSPS) is 16.3. The van der Waals surface area contributed by atoms with E-state index in [1.54, 1.807) is 5.57 Å². The van der Waals surface area contributed by atoms with E-state index >= 15 is 0 Å². The topological polar surface area (TPSA) is 0 Å². The maximum Gasteiger partial charge on any atom is -0.0206 e. The van der Waals surface area contributed by atoms with Crippen LogP contribution in [-0.2, 0) is 0 Å². The maximum atomic E-state index is 4.29. The molecule has 0 radical (unpaired) electrons. The third kappa shape index (κ3) is 11.0. The Hall–Kier alpha value is -0.260. The fourth-order valence-electron chi connectivity index (χ4n) is 3.81. The van der Waals surface area contributed by atoms with Crippen LogP contribution < -0.4 is 0 Å². The van der Waals surface area contributed by atoms with Crippen molar-refractivity contribution >= 4 is 0 Å². The van der Waals surface area contributed by atoms with Gasteiger partial charge in [-0.2, -0.15) is 0 Å². The van der Waals surface area contributed by atoms with E-state index in [1.165, 1.54) is 109 Å². The smallest absolute Gasteiger partial charge is 0.0206 e. The van der Waals surface area contributed by atoms with Crippen LogP contribution in [0, 0.1) is 11.8 Å². The van der Waals surface area contributed by atoms with Gasteiger partial charge in [-0.1, -0.05) is 109 Å². The summed E-state index contributed by atoms with van der Waals surface area (Å²) in [7, 11) is 0. The lowest BCUT2D eigenvalue weighted by molar-refractivity contribution is 0.357. The molecular formula is C23H44. The lowest BCUT2D eigenvalue weighted by Crippen LogP contribution is -2.12. The Balaban J connectivity index is 1.78. The molecule has 1 atom stereocenters. The van der Waals surface area contributed by atoms with Gasteiger partial charge >= 0.3 is 0 Å². The van der Waals surface area contributed by atoms with Crippen molar-refractivity contribution in [2.24, 2.45) is 11.8 Å². The van der Waals surface area contributed by atoms with Gasteiger partial charge in [0.1, 0.15) is 0 Å². The zero-order chi connectivity index (χ0) is 16.8. The minimum Gasteiger partial charge on any atom is -0.0996 e. The number of hydrogen-bond acceptors (Lipinski definition) is 0. The van der Waals surface area contributed by atoms with Gasteiger partial charge in [-0.3, -0.25) is 0 Å². The predicted octanol–water partition coefficient (Wildman–Crippen LogP) is 8.46. The van der Waals surface area contributed by atoms with Gasteiger partial charge in [-0.05, 0) is 37.5 Å². The van der Waals surface area contributed by atoms with Gasteiger partial charge in [-0.25, -0.2) is 0 Å². The summed E-state index contributed by atoms with van der Waals surface area (Å²) in [5.41, 5.74) is 1.56. The highest BCUT2D eigenvalue weighted by Gasteiger charge is 2.19. The summed E-state index contributed by atoms with van der Waals surface area (Å²) >= 11 is 0. The van der Waals surface area contributed by atoms with E-state index in [4.69, 9.17) is 0 Å². The monoisotopic (exact) mass is 320 g/mol. The van der Waals surface area contributed by atoms with Crippen molar-refractivity contribution in [2.45, 2.75) is 123 Å². The first-order chi connectivity index (χ1) is 11.2. The Morgan fingerprint density at radius 2 is 1.35 bits per heavy atom. The Morgan fingerprint density at radius 1 is 0.826 bits per heavy atom. The molecule has 0 saturated heterocycles. The predicted molar refractivity (Wildman–Crippen MR) is 106 cm³/mol. The van der Waals surface area contributed by atoms with E-state index in [9.17, 15) is 0 Å². The summed E-state index contributed by atoms with van der Waals surface area (Å²) in [6.07, 6.45) is 24.4. The summed E-state index contributed by atoms with van der Waals surface area (Å²) in [6, 6.07) is 0. The van der Waals surface area contributed by atoms with Crippen molar-refractivity contribution in [3.05, 3.63) is 12.2 Å². The van der Waals surface area contributed by atoms with Gasteiger partial charge in [0, 0.05) is 0 Å². The molecule has 1 aliphatic rings. The van der Waals surface area contributed by atoms with Crippen LogP contribution in [0.5, 0.6) is 0 Å². The highest BCUT2D eigenvalue weighted by atomic mass is 14.2. The number of unbranched alkanes of at least 4 members (excludes halogenated alkanes) is 9. The second-order valence-electron chi connectivity index (χ2n) is 8.25. The molecule has 1 fully saturated rings. The minimum absolute atomic E-state index is 0.901. The molecule has 0 N–H and O–H groups in total. The molecule has 1 aliphatic carbocycles. The molecule has 1 rings (SSSR count). The molecule has 0 aromatic rings. The number of allylic oxidation sites excluding steroid dienone is 1. The molecule has 23 heavy (non-hydrogen) atoms. The van der Waals surface area contributed by atoms with E-state index in [0.29, 0.717) is 0 Å². The maximum absolute atomic E-state index is 4.29. The molecule has 0 aromatic carbocycles. The molecule has 0 aliphatic heterocycles. The quantitative estimate of drug-likeness (QED) is 0.197. The summed E-state index contributed by atoms with van der Waals surface area (Å²) in [5, 5.41) is 0. The summed E-state index contributed by atoms with van der Waals surface area (Å²) in [6.45, 7) is 9.05. The van der Waals surface area contributed by atoms with Crippen LogP contribution in [0.25, 0.3) is 0 Å². The van der Waals surface area contributed by atoms with Gasteiger partial charge in [0.05, 0.1) is 0 Å². The standard InChI is InChI=1S/C23H44/c1-4-5-6-7-9-12-16-21(2)17-13-10-8-11-14-18-22(3)23-19-15-20-23/h21,23H,3-20H2,1-2H3. The molecule has 0 spiro atoms. The van der Waals surface area contributed by atoms with Crippen LogP contribution in [0.1, 0.15) is 123 Å². The van der Waals surface area contributed by atoms with E-state index in [1.807, 2.05) is 0 Å². The third-order valence-corrected chi connectivity index (χ3v) is 5.93. The molecular weight excluding hydrogens is 276 g/mol. The van der Waals surface area contributed by atoms with Crippen molar-refractivity contribution < 1.29 is 0 Å². The first kappa shape index (κ1) is 20.8. The highest BCUT2D eigenvalue weighted by Crippen LogP contribution is 2.34. The highest BCUT2D eigenvalue weighted by molar-refractivity contribution is 5.03. The van der Waals surface area contributed by atoms with Gasteiger partial charge in [0.25, 0.3) is 0 Å². The van der Waals surface area contributed by atoms with Gasteiger partial charge in [0.2, 0.25) is 0 Å². The molecule has 1 saturated carbocycles. The molecule has 0 heterocycles. The second kappa shape index (κ2) is 14.1. The van der Waals surface area contributed by atoms with E-state index < -0.39 is 0 Å². The first-order valence-electron chi connectivity index (χ1n) is 10.9. The first-order valence-corrected chi connectivity index (χ1v) is 10.9. The van der Waals surface area contributed by atoms with Crippen LogP contribution in [-0.4, -0.2) is 0 Å². The van der Waals surface area contributed by atoms with Crippen molar-refractivity contribution in [3.63, 3.8) is 0 Å². The zero-order valence-corrected chi connectivity index (χ0v) is 16.4. The largest absolute Gasteiger partial charge is 0.0996 e. The molecule has 0 nitrogen and oxygen atoms in total. The summed E-state index contributed by atoms with van der Waals surface area (Å²) in [5.74, 6) is 1.86. The molecule has 0 aromatic heterocycles. The molecule has 1 unspecified atom stereocenters. The lowest BCUT2D eigenvalue weighted by Gasteiger charge is -2.27. The molecule has 0 bridgehead atoms. The number of hydrogen-bond donors (Lipinski definition) is 0. The van der Waals surface area contributed by atoms with E-state index in [2.05, 4.69) is 20.4 Å². The fourth-order valence-corrected chi connectivity index (χ4v) is 3.81. The zero-order valence-electron chi connectivity index (χ0n) is 16.4. The van der Waals surface area contributed by atoms with Gasteiger partial charge in [-0.15, -0.1) is 0 Å². The summed E-state index contributed by atoms with van der Waals surface area (Å²) < 4.78 is 0. The van der Waals surface area contributed by atoms with Crippen molar-refractivity contribution in [2.75, 3.05) is 0 Å². The van der Waals surface area contributed by atoms with Crippen LogP contribution in [0.3, 0.4) is 0 Å². The van der Waals surface area contributed by atoms with Gasteiger partial charge < -0.3 is 0 Å². The Kier molecular flexibility index (Phi) is 12.8. The van der Waals surface area contributed by atoms with Crippen LogP contribution in [0.15, 0.2) is 12.2 Å². The third-order valence-electron chi connectivity index (χ3n) is 5.93. The van der Waals surface area contributed by atoms with Crippen LogP contribution >= 0.6 is 0 Å². The number of rotatable bonds is 16. The lowest BCUT2D eigenvalue weighted by atomic mass is 9.78. The van der Waals surface area contributed by atoms with E-state index in [0.717, 1.165) is 11.8 Å². The van der Waals surface area contributed by atoms with E-state index in [-0.39, 0.29) is 0 Å². The van der Waals surface area contributed by atoms with Crippen LogP contribution in [0.2, 0.25) is 0 Å². The fraction of sp³-hybridized carbons (Fsp3) is 0.913. The average molecular weight is 321 g/mol. The molecule has 0 heteroatoms. The van der Waals surface area contributed by atoms with Crippen LogP contribution in [0.4, 0.5) is 0 Å². The second-order valence-corrected chi connectivity index (χ2v) is 8.25. The summed E-state index contributed by atoms with van der Waals surface area (Å²) in [4.78, 5) is 0. The average Bonchev–Trinajstić information content (AvgIpc) is 2.48. The Labute approximate surface area is 147 Å². The SMILES string of the molecule is C=C(CCCCCCCC(C)CCCCCCCC)C1CCC1. The molecule has 0 amide bonds. The minimum atomic E-state index is 0.901. The Bertz CT molecular complexity index is 274. The van der Waals surface area contributed by atoms with Gasteiger partial charge in [0.15, 0.2) is 0 Å².